The Morgan fingerprint density at radius 3 is 2.63 bits per heavy atom. The summed E-state index contributed by atoms with van der Waals surface area (Å²) in [6, 6.07) is 2.27. The standard InChI is InChI=1S/C12H13NO6/c1-3-19-12(15)6-10-8(7-14)4-9(13(16)17)5-11(10)18-2/h4-5,7H,3,6H2,1-2H3. The van der Waals surface area contributed by atoms with E-state index in [1.165, 1.54) is 13.2 Å². The van der Waals surface area contributed by atoms with E-state index in [4.69, 9.17) is 9.47 Å². The Morgan fingerprint density at radius 1 is 1.47 bits per heavy atom. The van der Waals surface area contributed by atoms with Crippen LogP contribution < -0.4 is 4.74 Å². The van der Waals surface area contributed by atoms with E-state index < -0.39 is 10.9 Å². The lowest BCUT2D eigenvalue weighted by Crippen LogP contribution is -2.11. The minimum atomic E-state index is -0.635. The zero-order valence-electron chi connectivity index (χ0n) is 10.5. The Kier molecular flexibility index (Phi) is 4.99. The highest BCUT2D eigenvalue weighted by Gasteiger charge is 2.19. The smallest absolute Gasteiger partial charge is 0.310 e. The second-order valence-electron chi connectivity index (χ2n) is 3.57. The van der Waals surface area contributed by atoms with Crippen LogP contribution in [0.5, 0.6) is 5.75 Å². The summed E-state index contributed by atoms with van der Waals surface area (Å²) in [6.45, 7) is 1.87. The molecule has 0 spiro atoms. The summed E-state index contributed by atoms with van der Waals surface area (Å²) < 4.78 is 9.76. The van der Waals surface area contributed by atoms with Gasteiger partial charge in [-0.1, -0.05) is 0 Å². The van der Waals surface area contributed by atoms with E-state index in [0.29, 0.717) is 6.29 Å². The fourth-order valence-electron chi connectivity index (χ4n) is 1.59. The maximum atomic E-state index is 11.4. The van der Waals surface area contributed by atoms with Crippen molar-refractivity contribution in [2.45, 2.75) is 13.3 Å². The number of carbonyl (C=O) groups excluding carboxylic acids is 2. The summed E-state index contributed by atoms with van der Waals surface area (Å²) >= 11 is 0. The average molecular weight is 267 g/mol. The SMILES string of the molecule is CCOC(=O)Cc1c(C=O)cc([N+](=O)[O-])cc1OC. The number of hydrogen-bond donors (Lipinski definition) is 0. The highest BCUT2D eigenvalue weighted by atomic mass is 16.6. The minimum absolute atomic E-state index is 0.0408. The van der Waals surface area contributed by atoms with Gasteiger partial charge in [0.25, 0.3) is 5.69 Å². The average Bonchev–Trinajstić information content (AvgIpc) is 2.38. The first-order valence-electron chi connectivity index (χ1n) is 5.49. The molecule has 0 aliphatic heterocycles. The van der Waals surface area contributed by atoms with Gasteiger partial charge in [0, 0.05) is 17.2 Å². The predicted molar refractivity (Wildman–Crippen MR) is 65.4 cm³/mol. The van der Waals surface area contributed by atoms with Crippen molar-refractivity contribution in [2.24, 2.45) is 0 Å². The fraction of sp³-hybridized carbons (Fsp3) is 0.333. The normalized spacial score (nSPS) is 9.79. The van der Waals surface area contributed by atoms with Gasteiger partial charge >= 0.3 is 5.97 Å². The van der Waals surface area contributed by atoms with Crippen LogP contribution in [0.4, 0.5) is 5.69 Å². The highest BCUT2D eigenvalue weighted by molar-refractivity contribution is 5.84. The number of rotatable bonds is 6. The molecule has 19 heavy (non-hydrogen) atoms. The second-order valence-corrected chi connectivity index (χ2v) is 3.57. The zero-order chi connectivity index (χ0) is 14.4. The van der Waals surface area contributed by atoms with Crippen molar-refractivity contribution >= 4 is 17.9 Å². The molecule has 0 aromatic heterocycles. The number of carbonyl (C=O) groups is 2. The molecule has 1 rings (SSSR count). The first-order chi connectivity index (χ1) is 9.03. The van der Waals surface area contributed by atoms with Gasteiger partial charge in [0.15, 0.2) is 6.29 Å². The molecular formula is C12H13NO6. The van der Waals surface area contributed by atoms with Crippen molar-refractivity contribution in [1.82, 2.24) is 0 Å². The Morgan fingerprint density at radius 2 is 2.16 bits per heavy atom. The molecule has 0 radical (unpaired) electrons. The Labute approximate surface area is 109 Å². The summed E-state index contributed by atoms with van der Waals surface area (Å²) in [6.07, 6.45) is 0.271. The number of hydrogen-bond acceptors (Lipinski definition) is 6. The van der Waals surface area contributed by atoms with Crippen molar-refractivity contribution in [1.29, 1.82) is 0 Å². The lowest BCUT2D eigenvalue weighted by Gasteiger charge is -2.10. The molecule has 0 saturated heterocycles. The van der Waals surface area contributed by atoms with E-state index in [1.54, 1.807) is 6.92 Å². The van der Waals surface area contributed by atoms with Crippen LogP contribution >= 0.6 is 0 Å². The third-order valence-corrected chi connectivity index (χ3v) is 2.41. The van der Waals surface area contributed by atoms with E-state index in [2.05, 4.69) is 0 Å². The second kappa shape index (κ2) is 6.48. The molecule has 0 unspecified atom stereocenters. The van der Waals surface area contributed by atoms with Crippen LogP contribution in [0.2, 0.25) is 0 Å². The molecule has 0 heterocycles. The number of aldehydes is 1. The van der Waals surface area contributed by atoms with Crippen LogP contribution in [0.1, 0.15) is 22.8 Å². The van der Waals surface area contributed by atoms with Gasteiger partial charge in [-0.3, -0.25) is 19.7 Å². The van der Waals surface area contributed by atoms with Gasteiger partial charge < -0.3 is 9.47 Å². The molecule has 7 nitrogen and oxygen atoms in total. The van der Waals surface area contributed by atoms with Crippen LogP contribution in [0.15, 0.2) is 12.1 Å². The third-order valence-electron chi connectivity index (χ3n) is 2.41. The van der Waals surface area contributed by atoms with Crippen molar-refractivity contribution in [2.75, 3.05) is 13.7 Å². The highest BCUT2D eigenvalue weighted by Crippen LogP contribution is 2.28. The Balaban J connectivity index is 3.24. The monoisotopic (exact) mass is 267 g/mol. The van der Waals surface area contributed by atoms with E-state index in [0.717, 1.165) is 6.07 Å². The third kappa shape index (κ3) is 3.51. The van der Waals surface area contributed by atoms with Gasteiger partial charge in [0.1, 0.15) is 5.75 Å². The lowest BCUT2D eigenvalue weighted by atomic mass is 10.0. The maximum Gasteiger partial charge on any atom is 0.310 e. The van der Waals surface area contributed by atoms with E-state index >= 15 is 0 Å². The van der Waals surface area contributed by atoms with Gasteiger partial charge in [-0.15, -0.1) is 0 Å². The molecule has 1 aromatic rings. The number of ether oxygens (including phenoxy) is 2. The Hall–Kier alpha value is -2.44. The largest absolute Gasteiger partial charge is 0.496 e. The van der Waals surface area contributed by atoms with Crippen LogP contribution in [0, 0.1) is 10.1 Å². The van der Waals surface area contributed by atoms with Crippen LogP contribution in [0.25, 0.3) is 0 Å². The molecule has 0 N–H and O–H groups in total. The van der Waals surface area contributed by atoms with Gasteiger partial charge in [-0.2, -0.15) is 0 Å². The van der Waals surface area contributed by atoms with Crippen LogP contribution in [0.3, 0.4) is 0 Å². The predicted octanol–water partition coefficient (Wildman–Crippen LogP) is 1.52. The summed E-state index contributed by atoms with van der Waals surface area (Å²) in [5, 5.41) is 10.7. The molecule has 0 atom stereocenters. The number of benzene rings is 1. The Bertz CT molecular complexity index is 511. The first-order valence-corrected chi connectivity index (χ1v) is 5.49. The lowest BCUT2D eigenvalue weighted by molar-refractivity contribution is -0.385. The molecule has 102 valence electrons. The van der Waals surface area contributed by atoms with Gasteiger partial charge in [-0.25, -0.2) is 0 Å². The van der Waals surface area contributed by atoms with E-state index in [-0.39, 0.29) is 35.6 Å². The van der Waals surface area contributed by atoms with E-state index in [1.807, 2.05) is 0 Å². The van der Waals surface area contributed by atoms with Crippen molar-refractivity contribution < 1.29 is 24.0 Å². The number of nitro groups is 1. The number of methoxy groups -OCH3 is 1. The molecular weight excluding hydrogens is 254 g/mol. The van der Waals surface area contributed by atoms with Gasteiger partial charge in [0.05, 0.1) is 31.1 Å². The summed E-state index contributed by atoms with van der Waals surface area (Å²) in [4.78, 5) is 32.5. The number of nitrogens with zero attached hydrogens (tertiary/aromatic N) is 1. The quantitative estimate of drug-likeness (QED) is 0.335. The van der Waals surface area contributed by atoms with Crippen LogP contribution in [-0.2, 0) is 16.0 Å². The summed E-state index contributed by atoms with van der Waals surface area (Å²) in [7, 11) is 1.31. The number of non-ortho nitro benzene ring substituents is 1. The molecule has 0 amide bonds. The van der Waals surface area contributed by atoms with Crippen molar-refractivity contribution in [3.8, 4) is 5.75 Å². The molecule has 7 heteroatoms. The fourth-order valence-corrected chi connectivity index (χ4v) is 1.59. The summed E-state index contributed by atoms with van der Waals surface area (Å²) in [5.41, 5.74) is 0.0483. The maximum absolute atomic E-state index is 11.4. The molecule has 1 aromatic carbocycles. The molecule has 0 bridgehead atoms. The topological polar surface area (TPSA) is 95.7 Å². The number of nitro benzene ring substituents is 1. The van der Waals surface area contributed by atoms with Crippen LogP contribution in [-0.4, -0.2) is 30.9 Å². The summed E-state index contributed by atoms with van der Waals surface area (Å²) in [5.74, 6) is -0.415. The van der Waals surface area contributed by atoms with Gasteiger partial charge in [-0.05, 0) is 6.92 Å². The van der Waals surface area contributed by atoms with Crippen molar-refractivity contribution in [3.05, 3.63) is 33.4 Å². The molecule has 0 fully saturated rings. The van der Waals surface area contributed by atoms with E-state index in [9.17, 15) is 19.7 Å². The van der Waals surface area contributed by atoms with Gasteiger partial charge in [0.2, 0.25) is 0 Å². The molecule has 0 aliphatic carbocycles. The first kappa shape index (κ1) is 14.6. The zero-order valence-corrected chi connectivity index (χ0v) is 10.5. The molecule has 0 saturated carbocycles. The molecule has 0 aliphatic rings. The van der Waals surface area contributed by atoms with Crippen molar-refractivity contribution in [3.63, 3.8) is 0 Å². The number of esters is 1. The minimum Gasteiger partial charge on any atom is -0.496 e.